The summed E-state index contributed by atoms with van der Waals surface area (Å²) in [7, 11) is -1.69. The van der Waals surface area contributed by atoms with Crippen LogP contribution in [0.5, 0.6) is 0 Å². The van der Waals surface area contributed by atoms with Gasteiger partial charge in [-0.15, -0.1) is 0 Å². The molecule has 0 aliphatic rings. The molecule has 1 atom stereocenters. The molecule has 0 fully saturated rings. The number of hydrogen-bond donors (Lipinski definition) is 1. The van der Waals surface area contributed by atoms with E-state index in [9.17, 15) is 39.9 Å². The van der Waals surface area contributed by atoms with E-state index in [2.05, 4.69) is 4.74 Å². The van der Waals surface area contributed by atoms with Crippen molar-refractivity contribution >= 4 is 14.9 Å². The number of carbonyl (C=O) groups is 1. The standard InChI is InChI=1S/C11H17F8NO3Si/c1-4-22-8(24(2)3)20-7(21)23-5-9(14,15)11(18,19)10(16,17)6(12)13/h6,8,24H,4-5H2,1-3H3,(H,20,21). The van der Waals surface area contributed by atoms with Gasteiger partial charge in [0.05, 0.1) is 8.80 Å². The summed E-state index contributed by atoms with van der Waals surface area (Å²) >= 11 is 0. The molecule has 4 nitrogen and oxygen atoms in total. The second-order valence-electron chi connectivity index (χ2n) is 5.04. The van der Waals surface area contributed by atoms with Crippen molar-refractivity contribution < 1.29 is 49.4 Å². The third-order valence-electron chi connectivity index (χ3n) is 2.75. The smallest absolute Gasteiger partial charge is 0.409 e. The molecule has 0 aromatic carbocycles. The van der Waals surface area contributed by atoms with Crippen molar-refractivity contribution in [2.24, 2.45) is 0 Å². The molecule has 1 amide bonds. The summed E-state index contributed by atoms with van der Waals surface area (Å²) in [6.07, 6.45) is -6.65. The maximum atomic E-state index is 13.2. The van der Waals surface area contributed by atoms with Gasteiger partial charge in [-0.25, -0.2) is 13.6 Å². The number of amides is 1. The van der Waals surface area contributed by atoms with Crippen LogP contribution in [-0.2, 0) is 9.47 Å². The summed E-state index contributed by atoms with van der Waals surface area (Å²) in [4.78, 5) is 11.3. The first-order chi connectivity index (χ1) is 10.7. The minimum Gasteiger partial charge on any atom is -0.443 e. The summed E-state index contributed by atoms with van der Waals surface area (Å²) in [5, 5.41) is 1.97. The van der Waals surface area contributed by atoms with Crippen LogP contribution in [0, 0.1) is 0 Å². The van der Waals surface area contributed by atoms with Crippen molar-refractivity contribution in [1.29, 1.82) is 0 Å². The lowest BCUT2D eigenvalue weighted by atomic mass is 10.1. The Labute approximate surface area is 134 Å². The Bertz CT molecular complexity index is 422. The molecular formula is C11H17F8NO3Si. The third kappa shape index (κ3) is 5.19. The number of alkyl halides is 8. The molecule has 0 aromatic rings. The van der Waals surface area contributed by atoms with E-state index in [0.717, 1.165) is 0 Å². The molecule has 0 saturated carbocycles. The fourth-order valence-electron chi connectivity index (χ4n) is 1.37. The third-order valence-corrected chi connectivity index (χ3v) is 4.32. The Kier molecular flexibility index (Phi) is 7.93. The largest absolute Gasteiger partial charge is 0.443 e. The van der Waals surface area contributed by atoms with Gasteiger partial charge in [0.1, 0.15) is 5.85 Å². The maximum Gasteiger partial charge on any atom is 0.409 e. The van der Waals surface area contributed by atoms with Gasteiger partial charge in [0.25, 0.3) is 0 Å². The van der Waals surface area contributed by atoms with E-state index >= 15 is 0 Å². The number of hydrogen-bond acceptors (Lipinski definition) is 3. The number of carbonyl (C=O) groups excluding carboxylic acids is 1. The van der Waals surface area contributed by atoms with Crippen LogP contribution < -0.4 is 5.32 Å². The lowest BCUT2D eigenvalue weighted by Crippen LogP contribution is -2.59. The normalized spacial score (nSPS) is 14.9. The lowest BCUT2D eigenvalue weighted by Gasteiger charge is -2.32. The fourth-order valence-corrected chi connectivity index (χ4v) is 2.41. The fraction of sp³-hybridized carbons (Fsp3) is 0.909. The summed E-state index contributed by atoms with van der Waals surface area (Å²) < 4.78 is 110. The van der Waals surface area contributed by atoms with Gasteiger partial charge < -0.3 is 9.47 Å². The minimum absolute atomic E-state index is 0.144. The van der Waals surface area contributed by atoms with E-state index in [1.165, 1.54) is 0 Å². The molecule has 0 aromatic heterocycles. The highest BCUT2D eigenvalue weighted by Gasteiger charge is 2.75. The van der Waals surface area contributed by atoms with Crippen LogP contribution in [0.25, 0.3) is 0 Å². The van der Waals surface area contributed by atoms with Crippen molar-refractivity contribution in [1.82, 2.24) is 5.32 Å². The Morgan fingerprint density at radius 1 is 1.12 bits per heavy atom. The minimum atomic E-state index is -6.42. The summed E-state index contributed by atoms with van der Waals surface area (Å²) in [6.45, 7) is 2.61. The zero-order valence-electron chi connectivity index (χ0n) is 12.9. The highest BCUT2D eigenvalue weighted by Crippen LogP contribution is 2.48. The van der Waals surface area contributed by atoms with E-state index in [0.29, 0.717) is 0 Å². The molecule has 24 heavy (non-hydrogen) atoms. The molecule has 13 heteroatoms. The molecule has 0 spiro atoms. The Morgan fingerprint density at radius 3 is 2.00 bits per heavy atom. The first kappa shape index (κ1) is 22.9. The number of rotatable bonds is 9. The monoisotopic (exact) mass is 391 g/mol. The van der Waals surface area contributed by atoms with Crippen molar-refractivity contribution in [3.05, 3.63) is 0 Å². The zero-order chi connectivity index (χ0) is 19.3. The van der Waals surface area contributed by atoms with Crippen molar-refractivity contribution in [3.8, 4) is 0 Å². The molecule has 0 radical (unpaired) electrons. The highest BCUT2D eigenvalue weighted by molar-refractivity contribution is 6.57. The first-order valence-corrected chi connectivity index (χ1v) is 9.64. The number of nitrogens with one attached hydrogen (secondary N) is 1. The molecule has 0 rings (SSSR count). The number of alkyl carbamates (subject to hydrolysis) is 1. The van der Waals surface area contributed by atoms with E-state index in [-0.39, 0.29) is 6.61 Å². The van der Waals surface area contributed by atoms with Crippen LogP contribution in [0.3, 0.4) is 0 Å². The number of ether oxygens (including phenoxy) is 2. The summed E-state index contributed by atoms with van der Waals surface area (Å²) in [5.41, 5.74) is 0. The second kappa shape index (κ2) is 8.32. The van der Waals surface area contributed by atoms with Gasteiger partial charge in [0, 0.05) is 6.61 Å². The molecular weight excluding hydrogens is 374 g/mol. The van der Waals surface area contributed by atoms with E-state index in [4.69, 9.17) is 4.74 Å². The van der Waals surface area contributed by atoms with E-state index < -0.39 is 51.5 Å². The van der Waals surface area contributed by atoms with Crippen LogP contribution in [0.1, 0.15) is 6.92 Å². The number of halogens is 8. The summed E-state index contributed by atoms with van der Waals surface area (Å²) in [5.74, 6) is -19.3. The highest BCUT2D eigenvalue weighted by atomic mass is 28.3. The Morgan fingerprint density at radius 2 is 1.62 bits per heavy atom. The van der Waals surface area contributed by atoms with E-state index in [1.54, 1.807) is 20.0 Å². The lowest BCUT2D eigenvalue weighted by molar-refractivity contribution is -0.343. The van der Waals surface area contributed by atoms with Gasteiger partial charge in [-0.1, -0.05) is 13.1 Å². The molecule has 0 aliphatic heterocycles. The van der Waals surface area contributed by atoms with Crippen LogP contribution in [-0.4, -0.2) is 58.1 Å². The predicted octanol–water partition coefficient (Wildman–Crippen LogP) is 3.27. The topological polar surface area (TPSA) is 47.6 Å². The molecule has 1 N–H and O–H groups in total. The molecule has 0 aliphatic carbocycles. The zero-order valence-corrected chi connectivity index (χ0v) is 14.0. The molecule has 144 valence electrons. The van der Waals surface area contributed by atoms with Gasteiger partial charge in [0.2, 0.25) is 0 Å². The molecule has 0 heterocycles. The maximum absolute atomic E-state index is 13.2. The van der Waals surface area contributed by atoms with Crippen molar-refractivity contribution in [2.45, 2.75) is 50.1 Å². The van der Waals surface area contributed by atoms with Gasteiger partial charge in [-0.3, -0.25) is 5.32 Å². The van der Waals surface area contributed by atoms with Gasteiger partial charge in [-0.2, -0.15) is 26.3 Å². The first-order valence-electron chi connectivity index (χ1n) is 6.67. The Hall–Kier alpha value is -1.11. The van der Waals surface area contributed by atoms with Crippen LogP contribution in [0.2, 0.25) is 13.1 Å². The quantitative estimate of drug-likeness (QED) is 0.373. The molecule has 0 bridgehead atoms. The van der Waals surface area contributed by atoms with Gasteiger partial charge >= 0.3 is 30.3 Å². The average molecular weight is 391 g/mol. The summed E-state index contributed by atoms with van der Waals surface area (Å²) in [6, 6.07) is 0. The average Bonchev–Trinajstić information content (AvgIpc) is 2.44. The molecule has 0 saturated heterocycles. The van der Waals surface area contributed by atoms with E-state index in [1.807, 2.05) is 5.32 Å². The van der Waals surface area contributed by atoms with Crippen LogP contribution >= 0.6 is 0 Å². The molecule has 1 unspecified atom stereocenters. The SMILES string of the molecule is CCOC(NC(=O)OCC(F)(F)C(F)(F)C(F)(F)C(F)F)[SiH](C)C. The van der Waals surface area contributed by atoms with Crippen LogP contribution in [0.4, 0.5) is 39.9 Å². The second-order valence-corrected chi connectivity index (χ2v) is 8.14. The van der Waals surface area contributed by atoms with Crippen LogP contribution in [0.15, 0.2) is 0 Å². The van der Waals surface area contributed by atoms with Gasteiger partial charge in [0.15, 0.2) is 6.61 Å². The van der Waals surface area contributed by atoms with Gasteiger partial charge in [-0.05, 0) is 6.92 Å². The Balaban J connectivity index is 4.91. The van der Waals surface area contributed by atoms with Crippen molar-refractivity contribution in [2.75, 3.05) is 13.2 Å². The predicted molar refractivity (Wildman–Crippen MR) is 69.6 cm³/mol. The van der Waals surface area contributed by atoms with Crippen molar-refractivity contribution in [3.63, 3.8) is 0 Å².